The Bertz CT molecular complexity index is 1370. The second-order valence-electron chi connectivity index (χ2n) is 10.3. The first-order chi connectivity index (χ1) is 17.9. The lowest BCUT2D eigenvalue weighted by atomic mass is 9.98. The van der Waals surface area contributed by atoms with Gasteiger partial charge in [0.05, 0.1) is 29.3 Å². The van der Waals surface area contributed by atoms with E-state index in [0.717, 1.165) is 28.9 Å². The van der Waals surface area contributed by atoms with Crippen LogP contribution in [0.4, 0.5) is 24.1 Å². The number of amides is 3. The number of carbonyl (C=O) groups is 2. The molecule has 3 aromatic rings. The predicted molar refractivity (Wildman–Crippen MR) is 141 cm³/mol. The van der Waals surface area contributed by atoms with Crippen molar-refractivity contribution >= 4 is 17.8 Å². The lowest BCUT2D eigenvalue weighted by molar-refractivity contribution is 0.0224. The van der Waals surface area contributed by atoms with Crippen molar-refractivity contribution in [2.75, 3.05) is 11.9 Å². The van der Waals surface area contributed by atoms with Crippen LogP contribution in [0.15, 0.2) is 30.3 Å². The van der Waals surface area contributed by atoms with Crippen LogP contribution in [0.5, 0.6) is 0 Å². The first-order valence-corrected chi connectivity index (χ1v) is 12.7. The van der Waals surface area contributed by atoms with Gasteiger partial charge in [0.25, 0.3) is 0 Å². The molecule has 0 radical (unpaired) electrons. The van der Waals surface area contributed by atoms with Crippen molar-refractivity contribution in [3.8, 4) is 16.9 Å². The van der Waals surface area contributed by atoms with Gasteiger partial charge in [0.1, 0.15) is 17.2 Å². The number of aromatic nitrogens is 2. The molecule has 4 rings (SSSR count). The molecule has 0 bridgehead atoms. The van der Waals surface area contributed by atoms with E-state index in [9.17, 15) is 9.59 Å². The third-order valence-corrected chi connectivity index (χ3v) is 6.43. The van der Waals surface area contributed by atoms with E-state index in [1.54, 1.807) is 30.4 Å². The van der Waals surface area contributed by atoms with Crippen LogP contribution in [0.25, 0.3) is 16.9 Å². The monoisotopic (exact) mass is 525 g/mol. The molecule has 1 aliphatic heterocycles. The molecule has 1 aliphatic rings. The van der Waals surface area contributed by atoms with Crippen LogP contribution >= 0.6 is 0 Å². The summed E-state index contributed by atoms with van der Waals surface area (Å²) in [5, 5.41) is 6.99. The van der Waals surface area contributed by atoms with Crippen molar-refractivity contribution in [1.29, 1.82) is 0 Å². The number of hydrogen-bond donors (Lipinski definition) is 2. The molecule has 2 heterocycles. The lowest BCUT2D eigenvalue weighted by Gasteiger charge is -2.30. The average Bonchev–Trinajstić information content (AvgIpc) is 3.22. The van der Waals surface area contributed by atoms with Crippen molar-refractivity contribution in [1.82, 2.24) is 14.7 Å². The zero-order valence-electron chi connectivity index (χ0n) is 22.3. The van der Waals surface area contributed by atoms with Gasteiger partial charge < -0.3 is 20.7 Å². The fraction of sp³-hybridized carbons (Fsp3) is 0.393. The molecule has 3 N–H and O–H groups in total. The Hall–Kier alpha value is -3.95. The maximum atomic E-state index is 15.6. The number of nitrogens with two attached hydrogens (primary N) is 1. The second-order valence-corrected chi connectivity index (χ2v) is 10.3. The summed E-state index contributed by atoms with van der Waals surface area (Å²) in [6.45, 7) is 9.92. The normalized spacial score (nSPS) is 13.3. The zero-order valence-corrected chi connectivity index (χ0v) is 22.3. The molecular weight excluding hydrogens is 492 g/mol. The largest absolute Gasteiger partial charge is 0.444 e. The minimum Gasteiger partial charge on any atom is -0.444 e. The van der Waals surface area contributed by atoms with Crippen LogP contribution < -0.4 is 11.1 Å². The number of carbonyl (C=O) groups excluding carboxylic acids is 2. The number of ether oxygens (including phenoxy) is 1. The van der Waals surface area contributed by atoms with Gasteiger partial charge in [0.2, 0.25) is 0 Å². The number of fused-ring (bicyclic) bond motifs is 1. The predicted octanol–water partition coefficient (Wildman–Crippen LogP) is 5.73. The van der Waals surface area contributed by atoms with Crippen LogP contribution in [0.3, 0.4) is 0 Å². The number of urea groups is 1. The zero-order chi connectivity index (χ0) is 27.8. The first kappa shape index (κ1) is 27.1. The topological polar surface area (TPSA) is 102 Å². The second kappa shape index (κ2) is 10.4. The van der Waals surface area contributed by atoms with E-state index in [4.69, 9.17) is 15.6 Å². The molecule has 10 heteroatoms. The Morgan fingerprint density at radius 1 is 1.11 bits per heavy atom. The molecule has 38 heavy (non-hydrogen) atoms. The maximum absolute atomic E-state index is 15.6. The molecular formula is C28H33F2N5O3. The number of aryl methyl sites for hydroxylation is 2. The molecule has 0 saturated carbocycles. The number of para-hydroxylation sites is 1. The van der Waals surface area contributed by atoms with E-state index in [1.807, 2.05) is 32.0 Å². The highest BCUT2D eigenvalue weighted by molar-refractivity contribution is 5.88. The van der Waals surface area contributed by atoms with Crippen LogP contribution in [0.1, 0.15) is 57.0 Å². The summed E-state index contributed by atoms with van der Waals surface area (Å²) in [4.78, 5) is 25.7. The summed E-state index contributed by atoms with van der Waals surface area (Å²) in [6, 6.07) is 6.88. The van der Waals surface area contributed by atoms with Crippen molar-refractivity contribution in [2.24, 2.45) is 5.73 Å². The molecule has 1 aromatic heterocycles. The summed E-state index contributed by atoms with van der Waals surface area (Å²) in [5.74, 6) is -1.61. The molecule has 202 valence electrons. The van der Waals surface area contributed by atoms with Crippen LogP contribution in [0.2, 0.25) is 0 Å². The maximum Gasteiger partial charge on any atom is 0.410 e. The third-order valence-electron chi connectivity index (χ3n) is 6.43. The third kappa shape index (κ3) is 5.34. The summed E-state index contributed by atoms with van der Waals surface area (Å²) in [7, 11) is 0. The number of anilines is 1. The van der Waals surface area contributed by atoms with Gasteiger partial charge in [-0.2, -0.15) is 5.10 Å². The number of primary amides is 1. The van der Waals surface area contributed by atoms with Gasteiger partial charge >= 0.3 is 12.1 Å². The summed E-state index contributed by atoms with van der Waals surface area (Å²) in [5.41, 5.74) is 8.52. The van der Waals surface area contributed by atoms with Crippen LogP contribution in [-0.2, 0) is 30.5 Å². The molecule has 0 spiro atoms. The summed E-state index contributed by atoms with van der Waals surface area (Å²) in [6.07, 6.45) is 1.35. The SMILES string of the molecule is CCc1cccc(CC)c1-n1nc2c(c1-c1cc(F)c(NC(N)=O)cc1F)CN(C(=O)OC(C)(C)C)CC2. The van der Waals surface area contributed by atoms with Crippen molar-refractivity contribution in [2.45, 2.75) is 66.0 Å². The fourth-order valence-electron chi connectivity index (χ4n) is 4.74. The number of nitrogens with zero attached hydrogens (tertiary/aromatic N) is 3. The Labute approximate surface area is 220 Å². The van der Waals surface area contributed by atoms with E-state index in [0.29, 0.717) is 42.8 Å². The van der Waals surface area contributed by atoms with Crippen molar-refractivity contribution < 1.29 is 23.1 Å². The number of benzene rings is 2. The van der Waals surface area contributed by atoms with Gasteiger partial charge in [-0.3, -0.25) is 0 Å². The highest BCUT2D eigenvalue weighted by Gasteiger charge is 2.33. The molecule has 0 unspecified atom stereocenters. The minimum absolute atomic E-state index is 0.0368. The highest BCUT2D eigenvalue weighted by Crippen LogP contribution is 2.38. The van der Waals surface area contributed by atoms with Crippen molar-refractivity contribution in [3.05, 3.63) is 64.4 Å². The average molecular weight is 526 g/mol. The van der Waals surface area contributed by atoms with Gasteiger partial charge in [0, 0.05) is 30.2 Å². The quantitative estimate of drug-likeness (QED) is 0.444. The molecule has 0 fully saturated rings. The smallest absolute Gasteiger partial charge is 0.410 e. The molecule has 0 saturated heterocycles. The summed E-state index contributed by atoms with van der Waals surface area (Å²) < 4.78 is 38.0. The standard InChI is InChI=1S/C28H33F2N5O3/c1-6-16-9-8-10-17(7-2)24(16)35-25(18-13-21(30)23(14-20(18)29)32-26(31)36)19-15-34(12-11-22(19)33-35)27(37)38-28(3,4)5/h8-10,13-14H,6-7,11-12,15H2,1-5H3,(H3,31,32,36). The molecule has 0 atom stereocenters. The Balaban J connectivity index is 1.95. The van der Waals surface area contributed by atoms with Crippen LogP contribution in [0, 0.1) is 11.6 Å². The Morgan fingerprint density at radius 3 is 2.34 bits per heavy atom. The lowest BCUT2D eigenvalue weighted by Crippen LogP contribution is -2.39. The van der Waals surface area contributed by atoms with Crippen molar-refractivity contribution in [3.63, 3.8) is 0 Å². The number of rotatable bonds is 5. The number of hydrogen-bond acceptors (Lipinski definition) is 4. The van der Waals surface area contributed by atoms with Gasteiger partial charge in [0.15, 0.2) is 0 Å². The van der Waals surface area contributed by atoms with Crippen LogP contribution in [-0.4, -0.2) is 39.0 Å². The Morgan fingerprint density at radius 2 is 1.76 bits per heavy atom. The van der Waals surface area contributed by atoms with Gasteiger partial charge in [-0.05, 0) is 50.8 Å². The van der Waals surface area contributed by atoms with Gasteiger partial charge in [-0.15, -0.1) is 0 Å². The van der Waals surface area contributed by atoms with E-state index in [-0.39, 0.29) is 17.8 Å². The van der Waals surface area contributed by atoms with E-state index in [1.165, 1.54) is 0 Å². The molecule has 3 amide bonds. The molecule has 2 aromatic carbocycles. The van der Waals surface area contributed by atoms with Gasteiger partial charge in [-0.25, -0.2) is 23.1 Å². The number of halogens is 2. The molecule has 8 nitrogen and oxygen atoms in total. The fourth-order valence-corrected chi connectivity index (χ4v) is 4.74. The number of nitrogens with one attached hydrogen (secondary N) is 1. The van der Waals surface area contributed by atoms with E-state index in [2.05, 4.69) is 5.32 Å². The molecule has 0 aliphatic carbocycles. The highest BCUT2D eigenvalue weighted by atomic mass is 19.1. The Kier molecular flexibility index (Phi) is 7.44. The summed E-state index contributed by atoms with van der Waals surface area (Å²) >= 11 is 0. The van der Waals surface area contributed by atoms with E-state index >= 15 is 8.78 Å². The first-order valence-electron chi connectivity index (χ1n) is 12.7. The van der Waals surface area contributed by atoms with Gasteiger partial charge in [-0.1, -0.05) is 32.0 Å². The van der Waals surface area contributed by atoms with E-state index < -0.39 is 29.4 Å². The minimum atomic E-state index is -1.00.